The summed E-state index contributed by atoms with van der Waals surface area (Å²) >= 11 is 0. The second-order valence-corrected chi connectivity index (χ2v) is 9.01. The third-order valence-electron chi connectivity index (χ3n) is 5.63. The summed E-state index contributed by atoms with van der Waals surface area (Å²) in [6.07, 6.45) is 0.729. The minimum Gasteiger partial charge on any atom is -0.354 e. The van der Waals surface area contributed by atoms with E-state index in [-0.39, 0.29) is 18.2 Å². The van der Waals surface area contributed by atoms with E-state index in [1.54, 1.807) is 4.90 Å². The van der Waals surface area contributed by atoms with Crippen LogP contribution in [0.25, 0.3) is 0 Å². The van der Waals surface area contributed by atoms with Crippen LogP contribution in [0.1, 0.15) is 36.1 Å². The maximum atomic E-state index is 13.6. The molecule has 3 aromatic rings. The summed E-state index contributed by atoms with van der Waals surface area (Å²) in [5, 5.41) is 3.06. The van der Waals surface area contributed by atoms with Gasteiger partial charge in [0.2, 0.25) is 11.8 Å². The van der Waals surface area contributed by atoms with Crippen molar-refractivity contribution in [2.75, 3.05) is 6.54 Å². The number of aryl methyl sites for hydroxylation is 1. The standard InChI is InChI=1S/C29H34N2O2/c1-22(2)20-30-29(33)27(18-24-10-6-4-7-11-24)31(21-26-16-14-23(3)15-17-26)28(32)19-25-12-8-5-9-13-25/h4-17,22,27H,18-21H2,1-3H3,(H,30,33). The Morgan fingerprint density at radius 1 is 0.788 bits per heavy atom. The number of benzene rings is 3. The number of nitrogens with zero attached hydrogens (tertiary/aromatic N) is 1. The van der Waals surface area contributed by atoms with Gasteiger partial charge in [-0.15, -0.1) is 0 Å². The minimum absolute atomic E-state index is 0.0533. The highest BCUT2D eigenvalue weighted by Gasteiger charge is 2.30. The summed E-state index contributed by atoms with van der Waals surface area (Å²) in [7, 11) is 0. The van der Waals surface area contributed by atoms with Gasteiger partial charge in [-0.25, -0.2) is 0 Å². The topological polar surface area (TPSA) is 49.4 Å². The van der Waals surface area contributed by atoms with Gasteiger partial charge in [0.05, 0.1) is 6.42 Å². The third-order valence-corrected chi connectivity index (χ3v) is 5.63. The Bertz CT molecular complexity index is 1010. The van der Waals surface area contributed by atoms with Crippen LogP contribution < -0.4 is 5.32 Å². The first kappa shape index (κ1) is 24.2. The molecule has 0 saturated carbocycles. The Morgan fingerprint density at radius 3 is 1.94 bits per heavy atom. The van der Waals surface area contributed by atoms with Crippen LogP contribution in [0.15, 0.2) is 84.9 Å². The predicted octanol–water partition coefficient (Wildman–Crippen LogP) is 4.95. The second-order valence-electron chi connectivity index (χ2n) is 9.01. The lowest BCUT2D eigenvalue weighted by Gasteiger charge is -2.32. The van der Waals surface area contributed by atoms with Crippen LogP contribution >= 0.6 is 0 Å². The molecule has 1 unspecified atom stereocenters. The lowest BCUT2D eigenvalue weighted by atomic mass is 10.0. The Balaban J connectivity index is 1.93. The lowest BCUT2D eigenvalue weighted by molar-refractivity contribution is -0.140. The highest BCUT2D eigenvalue weighted by Crippen LogP contribution is 2.17. The summed E-state index contributed by atoms with van der Waals surface area (Å²) in [6, 6.07) is 27.2. The quantitative estimate of drug-likeness (QED) is 0.483. The van der Waals surface area contributed by atoms with Crippen molar-refractivity contribution < 1.29 is 9.59 Å². The van der Waals surface area contributed by atoms with Crippen LogP contribution in [-0.2, 0) is 29.0 Å². The van der Waals surface area contributed by atoms with Crippen molar-refractivity contribution in [3.8, 4) is 0 Å². The summed E-state index contributed by atoms with van der Waals surface area (Å²) in [4.78, 5) is 28.7. The third kappa shape index (κ3) is 7.60. The van der Waals surface area contributed by atoms with Gasteiger partial charge in [-0.3, -0.25) is 9.59 Å². The van der Waals surface area contributed by atoms with Crippen molar-refractivity contribution in [1.82, 2.24) is 10.2 Å². The van der Waals surface area contributed by atoms with Crippen molar-refractivity contribution in [1.29, 1.82) is 0 Å². The van der Waals surface area contributed by atoms with E-state index in [9.17, 15) is 9.59 Å². The molecule has 0 fully saturated rings. The first-order valence-electron chi connectivity index (χ1n) is 11.6. The molecular formula is C29H34N2O2. The van der Waals surface area contributed by atoms with Gasteiger partial charge in [0, 0.05) is 19.5 Å². The number of rotatable bonds is 10. The summed E-state index contributed by atoms with van der Waals surface area (Å²) in [5.74, 6) is 0.167. The number of hydrogen-bond donors (Lipinski definition) is 1. The molecule has 3 aromatic carbocycles. The van der Waals surface area contributed by atoms with Crippen LogP contribution in [-0.4, -0.2) is 29.3 Å². The maximum absolute atomic E-state index is 13.6. The zero-order valence-electron chi connectivity index (χ0n) is 19.8. The molecule has 1 N–H and O–H groups in total. The van der Waals surface area contributed by atoms with E-state index in [1.807, 2.05) is 91.9 Å². The van der Waals surface area contributed by atoms with Crippen LogP contribution in [0.5, 0.6) is 0 Å². The second kappa shape index (κ2) is 12.0. The van der Waals surface area contributed by atoms with Crippen molar-refractivity contribution in [2.24, 2.45) is 5.92 Å². The monoisotopic (exact) mass is 442 g/mol. The molecule has 172 valence electrons. The molecular weight excluding hydrogens is 408 g/mol. The van der Waals surface area contributed by atoms with Gasteiger partial charge in [-0.05, 0) is 29.5 Å². The normalized spacial score (nSPS) is 11.8. The number of carbonyl (C=O) groups excluding carboxylic acids is 2. The van der Waals surface area contributed by atoms with Gasteiger partial charge in [-0.1, -0.05) is 104 Å². The van der Waals surface area contributed by atoms with Gasteiger partial charge < -0.3 is 10.2 Å². The van der Waals surface area contributed by atoms with E-state index in [1.165, 1.54) is 0 Å². The highest BCUT2D eigenvalue weighted by atomic mass is 16.2. The Morgan fingerprint density at radius 2 is 1.36 bits per heavy atom. The van der Waals surface area contributed by atoms with Crippen molar-refractivity contribution in [3.63, 3.8) is 0 Å². The predicted molar refractivity (Wildman–Crippen MR) is 134 cm³/mol. The van der Waals surface area contributed by atoms with Crippen molar-refractivity contribution in [3.05, 3.63) is 107 Å². The molecule has 4 nitrogen and oxygen atoms in total. The molecule has 3 rings (SSSR count). The molecule has 0 saturated heterocycles. The van der Waals surface area contributed by atoms with E-state index < -0.39 is 6.04 Å². The highest BCUT2D eigenvalue weighted by molar-refractivity contribution is 5.88. The van der Waals surface area contributed by atoms with E-state index in [4.69, 9.17) is 0 Å². The average molecular weight is 443 g/mol. The van der Waals surface area contributed by atoms with Gasteiger partial charge in [0.15, 0.2) is 0 Å². The Hall–Kier alpha value is -3.40. The van der Waals surface area contributed by atoms with E-state index >= 15 is 0 Å². The summed E-state index contributed by atoms with van der Waals surface area (Å²) in [6.45, 7) is 7.14. The molecule has 0 aliphatic heterocycles. The molecule has 4 heteroatoms. The molecule has 0 heterocycles. The number of amides is 2. The zero-order chi connectivity index (χ0) is 23.6. The van der Waals surface area contributed by atoms with E-state index in [0.717, 1.165) is 22.3 Å². The number of nitrogens with one attached hydrogen (secondary N) is 1. The summed E-state index contributed by atoms with van der Waals surface area (Å²) in [5.41, 5.74) is 4.15. The van der Waals surface area contributed by atoms with E-state index in [0.29, 0.717) is 25.4 Å². The molecule has 0 aliphatic carbocycles. The lowest BCUT2D eigenvalue weighted by Crippen LogP contribution is -2.51. The molecule has 0 radical (unpaired) electrons. The SMILES string of the molecule is Cc1ccc(CN(C(=O)Cc2ccccc2)C(Cc2ccccc2)C(=O)NCC(C)C)cc1. The fourth-order valence-corrected chi connectivity index (χ4v) is 3.74. The molecule has 0 aromatic heterocycles. The maximum Gasteiger partial charge on any atom is 0.243 e. The molecule has 1 atom stereocenters. The molecule has 33 heavy (non-hydrogen) atoms. The minimum atomic E-state index is -0.594. The Kier molecular flexibility index (Phi) is 8.82. The smallest absolute Gasteiger partial charge is 0.243 e. The van der Waals surface area contributed by atoms with Crippen molar-refractivity contribution >= 4 is 11.8 Å². The molecule has 0 aliphatic rings. The van der Waals surface area contributed by atoms with Gasteiger partial charge in [0.1, 0.15) is 6.04 Å². The van der Waals surface area contributed by atoms with Gasteiger partial charge in [-0.2, -0.15) is 0 Å². The van der Waals surface area contributed by atoms with E-state index in [2.05, 4.69) is 19.2 Å². The van der Waals surface area contributed by atoms with Crippen LogP contribution in [0.4, 0.5) is 0 Å². The first-order chi connectivity index (χ1) is 15.9. The largest absolute Gasteiger partial charge is 0.354 e. The molecule has 2 amide bonds. The number of carbonyl (C=O) groups is 2. The fourth-order valence-electron chi connectivity index (χ4n) is 3.74. The average Bonchev–Trinajstić information content (AvgIpc) is 2.82. The van der Waals surface area contributed by atoms with Crippen molar-refractivity contribution in [2.45, 2.75) is 46.2 Å². The Labute approximate surface area is 197 Å². The van der Waals surface area contributed by atoms with Crippen LogP contribution in [0.2, 0.25) is 0 Å². The number of hydrogen-bond acceptors (Lipinski definition) is 2. The van der Waals surface area contributed by atoms with Crippen LogP contribution in [0, 0.1) is 12.8 Å². The molecule has 0 bridgehead atoms. The van der Waals surface area contributed by atoms with Gasteiger partial charge >= 0.3 is 0 Å². The first-order valence-corrected chi connectivity index (χ1v) is 11.6. The fraction of sp³-hybridized carbons (Fsp3) is 0.310. The zero-order valence-corrected chi connectivity index (χ0v) is 19.8. The van der Waals surface area contributed by atoms with Crippen LogP contribution in [0.3, 0.4) is 0 Å². The molecule has 0 spiro atoms. The summed E-state index contributed by atoms with van der Waals surface area (Å²) < 4.78 is 0. The van der Waals surface area contributed by atoms with Gasteiger partial charge in [0.25, 0.3) is 0 Å².